The zero-order chi connectivity index (χ0) is 15.7. The molecule has 112 valence electrons. The van der Waals surface area contributed by atoms with Crippen molar-refractivity contribution in [1.29, 1.82) is 0 Å². The van der Waals surface area contributed by atoms with E-state index in [2.05, 4.69) is 0 Å². The van der Waals surface area contributed by atoms with Crippen LogP contribution < -0.4 is 4.18 Å². The Kier molecular flexibility index (Phi) is 3.76. The lowest BCUT2D eigenvalue weighted by atomic mass is 10.1. The Bertz CT molecular complexity index is 955. The minimum absolute atomic E-state index is 0.0952. The summed E-state index contributed by atoms with van der Waals surface area (Å²) in [6, 6.07) is 15.4. The maximum absolute atomic E-state index is 13.2. The molecule has 0 fully saturated rings. The van der Waals surface area contributed by atoms with Gasteiger partial charge >= 0.3 is 10.1 Å². The maximum Gasteiger partial charge on any atom is 0.340 e. The predicted octanol–water partition coefficient (Wildman–Crippen LogP) is 4.40. The standard InChI is InChI=1S/C16H10ClFO3S/c17-15-8-6-13(18)10-16(15)22(19,20)21-14-7-5-11-3-1-2-4-12(11)9-14/h1-10H. The Balaban J connectivity index is 2.01. The first-order valence-electron chi connectivity index (χ1n) is 6.34. The zero-order valence-electron chi connectivity index (χ0n) is 11.2. The van der Waals surface area contributed by atoms with Crippen molar-refractivity contribution in [1.82, 2.24) is 0 Å². The Morgan fingerprint density at radius 2 is 1.64 bits per heavy atom. The average molecular weight is 337 g/mol. The number of hydrogen-bond donors (Lipinski definition) is 0. The van der Waals surface area contributed by atoms with Gasteiger partial charge in [0.2, 0.25) is 0 Å². The molecule has 0 saturated heterocycles. The molecule has 0 radical (unpaired) electrons. The van der Waals surface area contributed by atoms with E-state index in [1.165, 1.54) is 12.1 Å². The molecule has 3 rings (SSSR count). The van der Waals surface area contributed by atoms with E-state index in [4.69, 9.17) is 15.8 Å². The Morgan fingerprint density at radius 1 is 0.909 bits per heavy atom. The van der Waals surface area contributed by atoms with Gasteiger partial charge in [-0.15, -0.1) is 0 Å². The Morgan fingerprint density at radius 3 is 2.41 bits per heavy atom. The van der Waals surface area contributed by atoms with Crippen LogP contribution in [-0.2, 0) is 10.1 Å². The van der Waals surface area contributed by atoms with E-state index in [1.807, 2.05) is 24.3 Å². The molecule has 0 aliphatic rings. The van der Waals surface area contributed by atoms with E-state index in [0.717, 1.165) is 22.9 Å². The predicted molar refractivity (Wildman–Crippen MR) is 83.2 cm³/mol. The van der Waals surface area contributed by atoms with Crippen LogP contribution in [0.25, 0.3) is 10.8 Å². The summed E-state index contributed by atoms with van der Waals surface area (Å²) in [6.07, 6.45) is 0. The molecule has 3 aromatic carbocycles. The highest BCUT2D eigenvalue weighted by atomic mass is 35.5. The quantitative estimate of drug-likeness (QED) is 0.666. The molecule has 0 atom stereocenters. The fourth-order valence-corrected chi connectivity index (χ4v) is 3.47. The van der Waals surface area contributed by atoms with Crippen LogP contribution in [0, 0.1) is 5.82 Å². The van der Waals surface area contributed by atoms with Crippen molar-refractivity contribution in [2.45, 2.75) is 4.90 Å². The molecule has 0 aromatic heterocycles. The van der Waals surface area contributed by atoms with Gasteiger partial charge in [0, 0.05) is 0 Å². The molecule has 0 saturated carbocycles. The molecular formula is C16H10ClFO3S. The van der Waals surface area contributed by atoms with Crippen molar-refractivity contribution >= 4 is 32.5 Å². The van der Waals surface area contributed by atoms with Gasteiger partial charge in [0.25, 0.3) is 0 Å². The van der Waals surface area contributed by atoms with Gasteiger partial charge in [0.15, 0.2) is 0 Å². The van der Waals surface area contributed by atoms with Crippen LogP contribution in [0.15, 0.2) is 65.6 Å². The van der Waals surface area contributed by atoms with Gasteiger partial charge in [0.1, 0.15) is 16.5 Å². The fourth-order valence-electron chi connectivity index (χ4n) is 2.06. The van der Waals surface area contributed by atoms with Gasteiger partial charge in [-0.25, -0.2) is 4.39 Å². The third-order valence-corrected chi connectivity index (χ3v) is 4.82. The van der Waals surface area contributed by atoms with Crippen LogP contribution in [0.3, 0.4) is 0 Å². The summed E-state index contributed by atoms with van der Waals surface area (Å²) >= 11 is 5.82. The van der Waals surface area contributed by atoms with Crippen LogP contribution in [0.5, 0.6) is 5.75 Å². The molecule has 0 unspecified atom stereocenters. The lowest BCUT2D eigenvalue weighted by Crippen LogP contribution is -2.10. The second-order valence-corrected chi connectivity index (χ2v) is 6.54. The minimum atomic E-state index is -4.21. The van der Waals surface area contributed by atoms with Crippen molar-refractivity contribution in [3.8, 4) is 5.75 Å². The van der Waals surface area contributed by atoms with Gasteiger partial charge in [-0.2, -0.15) is 8.42 Å². The Labute approximate surface area is 132 Å². The SMILES string of the molecule is O=S(=O)(Oc1ccc2ccccc2c1)c1cc(F)ccc1Cl. The number of rotatable bonds is 3. The second kappa shape index (κ2) is 5.59. The highest BCUT2D eigenvalue weighted by Crippen LogP contribution is 2.27. The van der Waals surface area contributed by atoms with Crippen LogP contribution in [0.2, 0.25) is 5.02 Å². The first-order chi connectivity index (χ1) is 10.5. The first kappa shape index (κ1) is 14.8. The monoisotopic (exact) mass is 336 g/mol. The lowest BCUT2D eigenvalue weighted by Gasteiger charge is -2.09. The topological polar surface area (TPSA) is 43.4 Å². The molecule has 0 aliphatic carbocycles. The third-order valence-electron chi connectivity index (χ3n) is 3.09. The first-order valence-corrected chi connectivity index (χ1v) is 8.13. The molecular weight excluding hydrogens is 327 g/mol. The van der Waals surface area contributed by atoms with E-state index in [0.29, 0.717) is 0 Å². The third kappa shape index (κ3) is 2.91. The molecule has 22 heavy (non-hydrogen) atoms. The van der Waals surface area contributed by atoms with Crippen LogP contribution in [0.4, 0.5) is 4.39 Å². The molecule has 6 heteroatoms. The number of halogens is 2. The van der Waals surface area contributed by atoms with Crippen molar-refractivity contribution in [3.05, 3.63) is 71.5 Å². The molecule has 3 aromatic rings. The molecule has 0 aliphatic heterocycles. The average Bonchev–Trinajstić information content (AvgIpc) is 2.49. The summed E-state index contributed by atoms with van der Waals surface area (Å²) in [7, 11) is -4.21. The summed E-state index contributed by atoms with van der Waals surface area (Å²) in [5.74, 6) is -0.566. The second-order valence-electron chi connectivity index (χ2n) is 4.62. The van der Waals surface area contributed by atoms with Crippen molar-refractivity contribution in [2.24, 2.45) is 0 Å². The molecule has 0 amide bonds. The summed E-state index contributed by atoms with van der Waals surface area (Å²) in [4.78, 5) is -0.401. The van der Waals surface area contributed by atoms with Gasteiger partial charge in [-0.05, 0) is 41.1 Å². The molecule has 3 nitrogen and oxygen atoms in total. The van der Waals surface area contributed by atoms with E-state index < -0.39 is 20.8 Å². The number of fused-ring (bicyclic) bond motifs is 1. The molecule has 0 N–H and O–H groups in total. The lowest BCUT2D eigenvalue weighted by molar-refractivity contribution is 0.485. The summed E-state index contributed by atoms with van der Waals surface area (Å²) in [6.45, 7) is 0. The van der Waals surface area contributed by atoms with Gasteiger partial charge in [-0.3, -0.25) is 0 Å². The van der Waals surface area contributed by atoms with E-state index in [9.17, 15) is 12.8 Å². The minimum Gasteiger partial charge on any atom is -0.379 e. The van der Waals surface area contributed by atoms with Gasteiger partial charge < -0.3 is 4.18 Å². The van der Waals surface area contributed by atoms with Crippen molar-refractivity contribution in [2.75, 3.05) is 0 Å². The van der Waals surface area contributed by atoms with Crippen LogP contribution >= 0.6 is 11.6 Å². The van der Waals surface area contributed by atoms with E-state index in [1.54, 1.807) is 12.1 Å². The molecule has 0 spiro atoms. The van der Waals surface area contributed by atoms with Crippen LogP contribution in [0.1, 0.15) is 0 Å². The van der Waals surface area contributed by atoms with E-state index in [-0.39, 0.29) is 10.8 Å². The zero-order valence-corrected chi connectivity index (χ0v) is 12.7. The maximum atomic E-state index is 13.2. The van der Waals surface area contributed by atoms with Crippen molar-refractivity contribution < 1.29 is 17.0 Å². The molecule has 0 bridgehead atoms. The summed E-state index contributed by atoms with van der Waals surface area (Å²) in [5.41, 5.74) is 0. The van der Waals surface area contributed by atoms with Crippen molar-refractivity contribution in [3.63, 3.8) is 0 Å². The highest BCUT2D eigenvalue weighted by Gasteiger charge is 2.21. The fraction of sp³-hybridized carbons (Fsp3) is 0. The van der Waals surface area contributed by atoms with Crippen LogP contribution in [-0.4, -0.2) is 8.42 Å². The van der Waals surface area contributed by atoms with Gasteiger partial charge in [-0.1, -0.05) is 41.9 Å². The Hall–Kier alpha value is -2.11. The van der Waals surface area contributed by atoms with E-state index >= 15 is 0 Å². The number of hydrogen-bond acceptors (Lipinski definition) is 3. The normalized spacial score (nSPS) is 11.5. The summed E-state index contributed by atoms with van der Waals surface area (Å²) < 4.78 is 42.8. The summed E-state index contributed by atoms with van der Waals surface area (Å²) in [5, 5.41) is 1.69. The largest absolute Gasteiger partial charge is 0.379 e. The molecule has 0 heterocycles. The number of benzene rings is 3. The highest BCUT2D eigenvalue weighted by molar-refractivity contribution is 7.87. The smallest absolute Gasteiger partial charge is 0.340 e. The van der Waals surface area contributed by atoms with Gasteiger partial charge in [0.05, 0.1) is 5.02 Å².